The van der Waals surface area contributed by atoms with Crippen LogP contribution in [0.2, 0.25) is 0 Å². The van der Waals surface area contributed by atoms with Crippen molar-refractivity contribution in [3.63, 3.8) is 0 Å². The van der Waals surface area contributed by atoms with Crippen molar-refractivity contribution in [1.29, 1.82) is 0 Å². The first-order valence-electron chi connectivity index (χ1n) is 7.88. The Morgan fingerprint density at radius 2 is 2.00 bits per heavy atom. The lowest BCUT2D eigenvalue weighted by atomic mass is 10.1. The van der Waals surface area contributed by atoms with Crippen molar-refractivity contribution >= 4 is 5.69 Å². The van der Waals surface area contributed by atoms with Gasteiger partial charge in [-0.25, -0.2) is 0 Å². The van der Waals surface area contributed by atoms with E-state index >= 15 is 0 Å². The Kier molecular flexibility index (Phi) is 5.72. The van der Waals surface area contributed by atoms with Crippen LogP contribution in [0.5, 0.6) is 5.75 Å². The number of nitrogens with two attached hydrogens (primary N) is 1. The van der Waals surface area contributed by atoms with Gasteiger partial charge in [-0.1, -0.05) is 26.0 Å². The molecule has 2 N–H and O–H groups in total. The number of para-hydroxylation sites is 2. The molecule has 1 aromatic rings. The lowest BCUT2D eigenvalue weighted by Crippen LogP contribution is -2.30. The molecule has 2 rings (SSSR count). The van der Waals surface area contributed by atoms with Gasteiger partial charge in [0.25, 0.3) is 0 Å². The number of hydrogen-bond donors (Lipinski definition) is 1. The first kappa shape index (κ1) is 15.2. The molecule has 0 spiro atoms. The molecule has 0 atom stereocenters. The van der Waals surface area contributed by atoms with Crippen molar-refractivity contribution in [2.24, 2.45) is 5.92 Å². The van der Waals surface area contributed by atoms with Gasteiger partial charge < -0.3 is 15.4 Å². The van der Waals surface area contributed by atoms with E-state index in [-0.39, 0.29) is 0 Å². The topological polar surface area (TPSA) is 38.5 Å². The molecule has 0 unspecified atom stereocenters. The van der Waals surface area contributed by atoms with Crippen LogP contribution in [0.25, 0.3) is 0 Å². The summed E-state index contributed by atoms with van der Waals surface area (Å²) < 4.78 is 5.76. The first-order valence-corrected chi connectivity index (χ1v) is 7.88. The van der Waals surface area contributed by atoms with Gasteiger partial charge in [0.05, 0.1) is 12.3 Å². The SMILES string of the molecule is CC(C)CCN(CCCOc1ccccc1N)C1CC1. The molecular weight excluding hydrogens is 248 g/mol. The summed E-state index contributed by atoms with van der Waals surface area (Å²) in [6.45, 7) is 7.72. The maximum Gasteiger partial charge on any atom is 0.142 e. The van der Waals surface area contributed by atoms with Gasteiger partial charge in [-0.05, 0) is 50.3 Å². The van der Waals surface area contributed by atoms with E-state index in [0.717, 1.165) is 43.0 Å². The fourth-order valence-electron chi connectivity index (χ4n) is 2.40. The molecule has 1 fully saturated rings. The quantitative estimate of drug-likeness (QED) is 0.554. The van der Waals surface area contributed by atoms with Gasteiger partial charge in [0.1, 0.15) is 5.75 Å². The van der Waals surface area contributed by atoms with Gasteiger partial charge in [-0.3, -0.25) is 0 Å². The zero-order valence-electron chi connectivity index (χ0n) is 12.8. The summed E-state index contributed by atoms with van der Waals surface area (Å²) in [4.78, 5) is 2.64. The molecule has 20 heavy (non-hydrogen) atoms. The molecule has 1 aliphatic carbocycles. The van der Waals surface area contributed by atoms with E-state index in [4.69, 9.17) is 10.5 Å². The normalized spacial score (nSPS) is 15.0. The summed E-state index contributed by atoms with van der Waals surface area (Å²) in [5, 5.41) is 0. The van der Waals surface area contributed by atoms with Crippen LogP contribution >= 0.6 is 0 Å². The van der Waals surface area contributed by atoms with Crippen molar-refractivity contribution < 1.29 is 4.74 Å². The van der Waals surface area contributed by atoms with E-state index in [1.807, 2.05) is 24.3 Å². The number of hydrogen-bond acceptors (Lipinski definition) is 3. The monoisotopic (exact) mass is 276 g/mol. The highest BCUT2D eigenvalue weighted by atomic mass is 16.5. The summed E-state index contributed by atoms with van der Waals surface area (Å²) in [7, 11) is 0. The van der Waals surface area contributed by atoms with Crippen LogP contribution in [0.3, 0.4) is 0 Å². The summed E-state index contributed by atoms with van der Waals surface area (Å²) in [5.41, 5.74) is 6.59. The molecule has 0 amide bonds. The number of nitrogens with zero attached hydrogens (tertiary/aromatic N) is 1. The van der Waals surface area contributed by atoms with E-state index in [1.54, 1.807) is 0 Å². The standard InChI is InChI=1S/C17H28N2O/c1-14(2)10-12-19(15-8-9-15)11-5-13-20-17-7-4-3-6-16(17)18/h3-4,6-7,14-15H,5,8-13,18H2,1-2H3. The summed E-state index contributed by atoms with van der Waals surface area (Å²) in [6, 6.07) is 8.56. The Morgan fingerprint density at radius 3 is 2.65 bits per heavy atom. The third-order valence-corrected chi connectivity index (χ3v) is 3.82. The molecule has 1 aliphatic rings. The predicted molar refractivity (Wildman–Crippen MR) is 85.0 cm³/mol. The average Bonchev–Trinajstić information content (AvgIpc) is 3.24. The van der Waals surface area contributed by atoms with Crippen molar-refractivity contribution in [1.82, 2.24) is 4.90 Å². The molecule has 0 saturated heterocycles. The fraction of sp³-hybridized carbons (Fsp3) is 0.647. The Hall–Kier alpha value is -1.22. The maximum atomic E-state index is 5.87. The lowest BCUT2D eigenvalue weighted by molar-refractivity contribution is 0.218. The molecule has 0 aliphatic heterocycles. The molecule has 0 aromatic heterocycles. The summed E-state index contributed by atoms with van der Waals surface area (Å²) in [5.74, 6) is 1.60. The number of benzene rings is 1. The van der Waals surface area contributed by atoms with Crippen LogP contribution in [-0.4, -0.2) is 30.6 Å². The average molecular weight is 276 g/mol. The third kappa shape index (κ3) is 5.04. The highest BCUT2D eigenvalue weighted by Gasteiger charge is 2.28. The molecule has 1 aromatic carbocycles. The number of nitrogen functional groups attached to an aromatic ring is 1. The largest absolute Gasteiger partial charge is 0.491 e. The van der Waals surface area contributed by atoms with E-state index in [0.29, 0.717) is 0 Å². The Balaban J connectivity index is 1.67. The highest BCUT2D eigenvalue weighted by Crippen LogP contribution is 2.27. The second kappa shape index (κ2) is 7.53. The van der Waals surface area contributed by atoms with Crippen LogP contribution in [-0.2, 0) is 0 Å². The second-order valence-electron chi connectivity index (χ2n) is 6.19. The minimum atomic E-state index is 0.728. The van der Waals surface area contributed by atoms with Crippen molar-refractivity contribution in [3.05, 3.63) is 24.3 Å². The predicted octanol–water partition coefficient (Wildman–Crippen LogP) is 3.55. The minimum Gasteiger partial charge on any atom is -0.491 e. The van der Waals surface area contributed by atoms with Gasteiger partial charge in [0, 0.05) is 12.6 Å². The molecule has 3 nitrogen and oxygen atoms in total. The fourth-order valence-corrected chi connectivity index (χ4v) is 2.40. The van der Waals surface area contributed by atoms with E-state index < -0.39 is 0 Å². The third-order valence-electron chi connectivity index (χ3n) is 3.82. The lowest BCUT2D eigenvalue weighted by Gasteiger charge is -2.23. The molecule has 3 heteroatoms. The molecule has 112 valence electrons. The van der Waals surface area contributed by atoms with Crippen LogP contribution < -0.4 is 10.5 Å². The van der Waals surface area contributed by atoms with Crippen molar-refractivity contribution in [3.8, 4) is 5.75 Å². The number of ether oxygens (including phenoxy) is 1. The maximum absolute atomic E-state index is 5.87. The zero-order valence-corrected chi connectivity index (χ0v) is 12.8. The van der Waals surface area contributed by atoms with Gasteiger partial charge in [0.15, 0.2) is 0 Å². The molecule has 1 saturated carbocycles. The Bertz CT molecular complexity index is 402. The van der Waals surface area contributed by atoms with E-state index in [1.165, 1.54) is 25.8 Å². The number of rotatable bonds is 9. The van der Waals surface area contributed by atoms with Gasteiger partial charge in [-0.2, -0.15) is 0 Å². The second-order valence-corrected chi connectivity index (χ2v) is 6.19. The molecule has 0 radical (unpaired) electrons. The molecule has 0 bridgehead atoms. The molecular formula is C17H28N2O. The van der Waals surface area contributed by atoms with Gasteiger partial charge >= 0.3 is 0 Å². The highest BCUT2D eigenvalue weighted by molar-refractivity contribution is 5.51. The minimum absolute atomic E-state index is 0.728. The van der Waals surface area contributed by atoms with Crippen molar-refractivity contribution in [2.45, 2.75) is 45.6 Å². The van der Waals surface area contributed by atoms with Crippen LogP contribution in [0.4, 0.5) is 5.69 Å². The van der Waals surface area contributed by atoms with E-state index in [9.17, 15) is 0 Å². The smallest absolute Gasteiger partial charge is 0.142 e. The number of anilines is 1. The summed E-state index contributed by atoms with van der Waals surface area (Å²) in [6.07, 6.45) is 5.13. The van der Waals surface area contributed by atoms with E-state index in [2.05, 4.69) is 18.7 Å². The Morgan fingerprint density at radius 1 is 1.25 bits per heavy atom. The van der Waals surface area contributed by atoms with Crippen LogP contribution in [0.15, 0.2) is 24.3 Å². The van der Waals surface area contributed by atoms with Gasteiger partial charge in [0.2, 0.25) is 0 Å². The Labute approximate surface area is 123 Å². The summed E-state index contributed by atoms with van der Waals surface area (Å²) >= 11 is 0. The first-order chi connectivity index (χ1) is 9.66. The van der Waals surface area contributed by atoms with Crippen LogP contribution in [0, 0.1) is 5.92 Å². The van der Waals surface area contributed by atoms with Crippen molar-refractivity contribution in [2.75, 3.05) is 25.4 Å². The zero-order chi connectivity index (χ0) is 14.4. The molecule has 0 heterocycles. The van der Waals surface area contributed by atoms with Gasteiger partial charge in [-0.15, -0.1) is 0 Å². The van der Waals surface area contributed by atoms with Crippen LogP contribution in [0.1, 0.15) is 39.5 Å².